The molecule has 0 N–H and O–H groups in total. The van der Waals surface area contributed by atoms with Crippen LogP contribution in [0.5, 0.6) is 11.5 Å². The smallest absolute Gasteiger partial charge is 0.168 e. The van der Waals surface area contributed by atoms with Crippen molar-refractivity contribution in [1.82, 2.24) is 0 Å². The highest BCUT2D eigenvalue weighted by atomic mass is 35.5. The topological polar surface area (TPSA) is 43.4 Å². The summed E-state index contributed by atoms with van der Waals surface area (Å²) in [6.07, 6.45) is 0. The van der Waals surface area contributed by atoms with Gasteiger partial charge in [0.15, 0.2) is 10.7 Å². The Hall–Kier alpha value is -1.52. The average molecular weight is 297 g/mol. The summed E-state index contributed by atoms with van der Waals surface area (Å²) in [5.41, 5.74) is 1.88. The first-order valence-corrected chi connectivity index (χ1v) is 7.22. The third kappa shape index (κ3) is 3.28. The number of rotatable bonds is 3. The van der Waals surface area contributed by atoms with E-state index >= 15 is 0 Å². The van der Waals surface area contributed by atoms with Crippen LogP contribution in [0.1, 0.15) is 11.1 Å². The Bertz CT molecular complexity index is 645. The molecule has 0 saturated carbocycles. The number of ether oxygens (including phenoxy) is 1. The van der Waals surface area contributed by atoms with E-state index in [0.29, 0.717) is 11.5 Å². The third-order valence-electron chi connectivity index (χ3n) is 2.69. The number of benzene rings is 2. The third-order valence-corrected chi connectivity index (χ3v) is 4.01. The number of aryl methyl sites for hydroxylation is 2. The van der Waals surface area contributed by atoms with Gasteiger partial charge in [-0.05, 0) is 61.4 Å². The molecule has 0 heterocycles. The zero-order valence-corrected chi connectivity index (χ0v) is 12.2. The molecular formula is C14H13ClO3S. The summed E-state index contributed by atoms with van der Waals surface area (Å²) in [4.78, 5) is 0.269. The molecule has 2 aromatic carbocycles. The Balaban J connectivity index is 2.26. The molecule has 100 valence electrons. The van der Waals surface area contributed by atoms with Gasteiger partial charge < -0.3 is 4.74 Å². The molecule has 2 aromatic rings. The van der Waals surface area contributed by atoms with Gasteiger partial charge >= 0.3 is 0 Å². The van der Waals surface area contributed by atoms with Crippen LogP contribution in [0.25, 0.3) is 0 Å². The highest BCUT2D eigenvalue weighted by Gasteiger charge is 2.05. The van der Waals surface area contributed by atoms with Gasteiger partial charge in [0, 0.05) is 5.02 Å². The molecule has 3 nitrogen and oxygen atoms in total. The number of halogens is 1. The molecule has 0 aliphatic heterocycles. The van der Waals surface area contributed by atoms with E-state index in [1.54, 1.807) is 12.1 Å². The second-order valence-electron chi connectivity index (χ2n) is 4.22. The molecule has 19 heavy (non-hydrogen) atoms. The summed E-state index contributed by atoms with van der Waals surface area (Å²) in [6.45, 7) is 3.82. The molecule has 0 saturated heterocycles. The van der Waals surface area contributed by atoms with Crippen LogP contribution in [0.15, 0.2) is 41.3 Å². The Kier molecular flexibility index (Phi) is 4.12. The van der Waals surface area contributed by atoms with Crippen molar-refractivity contribution >= 4 is 22.3 Å². The summed E-state index contributed by atoms with van der Waals surface area (Å²) >= 11 is 6.09. The van der Waals surface area contributed by atoms with Crippen molar-refractivity contribution in [2.45, 2.75) is 18.7 Å². The normalized spacial score (nSPS) is 10.7. The first-order chi connectivity index (χ1) is 8.97. The fourth-order valence-corrected chi connectivity index (χ4v) is 2.24. The van der Waals surface area contributed by atoms with E-state index in [1.165, 1.54) is 12.1 Å². The Morgan fingerprint density at radius 2 is 1.47 bits per heavy atom. The number of hydrogen-bond acceptors (Lipinski definition) is 3. The Morgan fingerprint density at radius 3 is 1.95 bits per heavy atom. The van der Waals surface area contributed by atoms with Crippen LogP contribution >= 0.6 is 11.6 Å². The summed E-state index contributed by atoms with van der Waals surface area (Å²) in [7, 11) is -2.55. The zero-order valence-electron chi connectivity index (χ0n) is 10.5. The van der Waals surface area contributed by atoms with E-state index in [2.05, 4.69) is 0 Å². The van der Waals surface area contributed by atoms with Gasteiger partial charge in [-0.2, -0.15) is 0 Å². The average Bonchev–Trinajstić information content (AvgIpc) is 2.36. The maximum absolute atomic E-state index is 10.8. The molecule has 0 bridgehead atoms. The van der Waals surface area contributed by atoms with Crippen molar-refractivity contribution < 1.29 is 13.2 Å². The van der Waals surface area contributed by atoms with Crippen LogP contribution in [0.4, 0.5) is 0 Å². The van der Waals surface area contributed by atoms with E-state index in [0.717, 1.165) is 16.1 Å². The molecule has 0 spiro atoms. The van der Waals surface area contributed by atoms with Crippen molar-refractivity contribution in [1.29, 1.82) is 0 Å². The van der Waals surface area contributed by atoms with Crippen LogP contribution < -0.4 is 4.74 Å². The van der Waals surface area contributed by atoms with Gasteiger partial charge in [-0.15, -0.1) is 0 Å². The first kappa shape index (κ1) is 13.9. The van der Waals surface area contributed by atoms with Crippen LogP contribution in [-0.4, -0.2) is 8.42 Å². The monoisotopic (exact) mass is 296 g/mol. The zero-order chi connectivity index (χ0) is 14.0. The largest absolute Gasteiger partial charge is 0.457 e. The maximum Gasteiger partial charge on any atom is 0.168 e. The fourth-order valence-electron chi connectivity index (χ4n) is 1.74. The molecule has 0 radical (unpaired) electrons. The molecule has 0 unspecified atom stereocenters. The van der Waals surface area contributed by atoms with E-state index in [1.807, 2.05) is 26.0 Å². The molecule has 0 amide bonds. The minimum atomic E-state index is -2.55. The quantitative estimate of drug-likeness (QED) is 0.878. The summed E-state index contributed by atoms with van der Waals surface area (Å²) < 4.78 is 27.2. The van der Waals surface area contributed by atoms with Gasteiger partial charge in [-0.25, -0.2) is 8.42 Å². The molecule has 5 heteroatoms. The predicted molar refractivity (Wildman–Crippen MR) is 76.0 cm³/mol. The van der Waals surface area contributed by atoms with Crippen molar-refractivity contribution in [2.75, 3.05) is 0 Å². The first-order valence-electron chi connectivity index (χ1n) is 5.66. The molecule has 0 atom stereocenters. The van der Waals surface area contributed by atoms with Crippen LogP contribution in [0.3, 0.4) is 0 Å². The fraction of sp³-hybridized carbons (Fsp3) is 0.143. The van der Waals surface area contributed by atoms with Crippen molar-refractivity contribution in [3.8, 4) is 11.5 Å². The van der Waals surface area contributed by atoms with Crippen molar-refractivity contribution in [2.24, 2.45) is 0 Å². The molecule has 0 aliphatic rings. The molecule has 0 aliphatic carbocycles. The van der Waals surface area contributed by atoms with E-state index in [9.17, 15) is 8.42 Å². The summed E-state index contributed by atoms with van der Waals surface area (Å²) in [5, 5.41) is 0.728. The van der Waals surface area contributed by atoms with E-state index in [-0.39, 0.29) is 4.90 Å². The Morgan fingerprint density at radius 1 is 0.947 bits per heavy atom. The standard InChI is InChI=1S/C14H13ClO3S/c1-9-7-12(8-10(2)14(9)15)18-11-3-5-13(6-4-11)19(16)17/h3-8,19H,1-2H3. The van der Waals surface area contributed by atoms with Gasteiger partial charge in [0.05, 0.1) is 4.90 Å². The highest BCUT2D eigenvalue weighted by molar-refractivity contribution is 7.72. The van der Waals surface area contributed by atoms with Crippen molar-refractivity contribution in [3.05, 3.63) is 52.5 Å². The predicted octanol–water partition coefficient (Wildman–Crippen LogP) is 3.72. The summed E-state index contributed by atoms with van der Waals surface area (Å²) in [5.74, 6) is 1.26. The number of hydrogen-bond donors (Lipinski definition) is 1. The van der Waals surface area contributed by atoms with E-state index in [4.69, 9.17) is 16.3 Å². The minimum Gasteiger partial charge on any atom is -0.457 e. The second-order valence-corrected chi connectivity index (χ2v) is 5.63. The molecule has 0 aromatic heterocycles. The lowest BCUT2D eigenvalue weighted by Crippen LogP contribution is -1.89. The SMILES string of the molecule is Cc1cc(Oc2ccc([SH](=O)=O)cc2)cc(C)c1Cl. The van der Waals surface area contributed by atoms with Gasteiger partial charge in [0.1, 0.15) is 11.5 Å². The lowest BCUT2D eigenvalue weighted by molar-refractivity contribution is 0.481. The van der Waals surface area contributed by atoms with Gasteiger partial charge in [0.2, 0.25) is 0 Å². The van der Waals surface area contributed by atoms with Crippen LogP contribution in [-0.2, 0) is 10.7 Å². The number of thiol groups is 1. The summed E-state index contributed by atoms with van der Waals surface area (Å²) in [6, 6.07) is 9.96. The van der Waals surface area contributed by atoms with Crippen molar-refractivity contribution in [3.63, 3.8) is 0 Å². The lowest BCUT2D eigenvalue weighted by atomic mass is 10.1. The maximum atomic E-state index is 10.8. The van der Waals surface area contributed by atoms with Crippen LogP contribution in [0.2, 0.25) is 5.02 Å². The Labute approximate surface area is 118 Å². The highest BCUT2D eigenvalue weighted by Crippen LogP contribution is 2.29. The van der Waals surface area contributed by atoms with Gasteiger partial charge in [0.25, 0.3) is 0 Å². The van der Waals surface area contributed by atoms with Gasteiger partial charge in [-0.3, -0.25) is 0 Å². The molecular weight excluding hydrogens is 284 g/mol. The van der Waals surface area contributed by atoms with Gasteiger partial charge in [-0.1, -0.05) is 11.6 Å². The van der Waals surface area contributed by atoms with E-state index < -0.39 is 10.7 Å². The minimum absolute atomic E-state index is 0.269. The molecule has 2 rings (SSSR count). The lowest BCUT2D eigenvalue weighted by Gasteiger charge is -2.09. The second kappa shape index (κ2) is 5.63. The molecule has 0 fully saturated rings. The van der Waals surface area contributed by atoms with Crippen LogP contribution in [0, 0.1) is 13.8 Å².